The minimum Gasteiger partial charge on any atom is -0.465 e. The van der Waals surface area contributed by atoms with Crippen LogP contribution in [0.5, 0.6) is 0 Å². The van der Waals surface area contributed by atoms with Gasteiger partial charge in [-0.15, -0.1) is 12.4 Å². The molecule has 2 N–H and O–H groups in total. The van der Waals surface area contributed by atoms with Crippen LogP contribution in [0, 0.1) is 5.92 Å². The molecule has 0 aliphatic heterocycles. The van der Waals surface area contributed by atoms with E-state index in [1.54, 1.807) is 12.1 Å². The van der Waals surface area contributed by atoms with Gasteiger partial charge >= 0.3 is 5.97 Å². The summed E-state index contributed by atoms with van der Waals surface area (Å²) in [5, 5.41) is 0. The topological polar surface area (TPSA) is 52.3 Å². The molecular weight excluding hydrogens is 226 g/mol. The number of esters is 1. The average Bonchev–Trinajstić information content (AvgIpc) is 3.11. The highest BCUT2D eigenvalue weighted by molar-refractivity contribution is 5.89. The van der Waals surface area contributed by atoms with Gasteiger partial charge in [0, 0.05) is 6.04 Å². The fourth-order valence-electron chi connectivity index (χ4n) is 1.69. The highest BCUT2D eigenvalue weighted by Crippen LogP contribution is 2.39. The number of hydrogen-bond acceptors (Lipinski definition) is 3. The Labute approximate surface area is 101 Å². The van der Waals surface area contributed by atoms with Crippen LogP contribution in [0.3, 0.4) is 0 Å². The highest BCUT2D eigenvalue weighted by Gasteiger charge is 2.29. The van der Waals surface area contributed by atoms with Crippen molar-refractivity contribution in [3.63, 3.8) is 0 Å². The van der Waals surface area contributed by atoms with Crippen LogP contribution in [-0.2, 0) is 4.74 Å². The minimum absolute atomic E-state index is 0. The van der Waals surface area contributed by atoms with E-state index in [0.717, 1.165) is 5.56 Å². The molecule has 4 heteroatoms. The van der Waals surface area contributed by atoms with Crippen LogP contribution < -0.4 is 5.73 Å². The maximum atomic E-state index is 11.2. The van der Waals surface area contributed by atoms with Crippen LogP contribution >= 0.6 is 12.4 Å². The van der Waals surface area contributed by atoms with Crippen LogP contribution in [0.4, 0.5) is 0 Å². The quantitative estimate of drug-likeness (QED) is 0.827. The second-order valence-electron chi connectivity index (χ2n) is 3.98. The fourth-order valence-corrected chi connectivity index (χ4v) is 1.69. The molecule has 0 saturated heterocycles. The fraction of sp³-hybridized carbons (Fsp3) is 0.417. The Morgan fingerprint density at radius 3 is 2.38 bits per heavy atom. The minimum atomic E-state index is -0.304. The van der Waals surface area contributed by atoms with E-state index in [-0.39, 0.29) is 24.4 Å². The first-order valence-electron chi connectivity index (χ1n) is 5.16. The molecule has 1 saturated carbocycles. The Kier molecular flexibility index (Phi) is 4.33. The number of rotatable bonds is 3. The van der Waals surface area contributed by atoms with Gasteiger partial charge in [0.2, 0.25) is 0 Å². The van der Waals surface area contributed by atoms with Gasteiger partial charge in [-0.05, 0) is 36.5 Å². The number of carbonyl (C=O) groups is 1. The Balaban J connectivity index is 0.00000128. The molecule has 0 aromatic heterocycles. The summed E-state index contributed by atoms with van der Waals surface area (Å²) < 4.78 is 4.63. The molecule has 0 heterocycles. The average molecular weight is 242 g/mol. The number of methoxy groups -OCH3 is 1. The molecule has 88 valence electrons. The second-order valence-corrected chi connectivity index (χ2v) is 3.98. The van der Waals surface area contributed by atoms with E-state index in [9.17, 15) is 4.79 Å². The molecule has 0 unspecified atom stereocenters. The standard InChI is InChI=1S/C12H15NO2.ClH/c1-15-12(14)10-6-4-9(5-7-10)11(13)8-2-3-8;/h4-8,11H,2-3,13H2,1H3;1H/t11-;/m0./s1. The Morgan fingerprint density at radius 2 is 1.94 bits per heavy atom. The number of hydrogen-bond donors (Lipinski definition) is 1. The van der Waals surface area contributed by atoms with Crippen molar-refractivity contribution in [3.05, 3.63) is 35.4 Å². The number of benzene rings is 1. The first-order valence-corrected chi connectivity index (χ1v) is 5.16. The maximum absolute atomic E-state index is 11.2. The van der Waals surface area contributed by atoms with Crippen molar-refractivity contribution in [1.29, 1.82) is 0 Å². The van der Waals surface area contributed by atoms with E-state index in [1.165, 1.54) is 20.0 Å². The summed E-state index contributed by atoms with van der Waals surface area (Å²) >= 11 is 0. The summed E-state index contributed by atoms with van der Waals surface area (Å²) in [6, 6.07) is 7.48. The molecule has 1 aliphatic rings. The van der Waals surface area contributed by atoms with Gasteiger partial charge in [-0.2, -0.15) is 0 Å². The highest BCUT2D eigenvalue weighted by atomic mass is 35.5. The van der Waals surface area contributed by atoms with E-state index < -0.39 is 0 Å². The molecule has 2 rings (SSSR count). The summed E-state index contributed by atoms with van der Waals surface area (Å²) in [7, 11) is 1.38. The van der Waals surface area contributed by atoms with Crippen LogP contribution in [-0.4, -0.2) is 13.1 Å². The molecule has 16 heavy (non-hydrogen) atoms. The number of nitrogens with two attached hydrogens (primary N) is 1. The zero-order chi connectivity index (χ0) is 10.8. The Morgan fingerprint density at radius 1 is 1.38 bits per heavy atom. The lowest BCUT2D eigenvalue weighted by Gasteiger charge is -2.10. The summed E-state index contributed by atoms with van der Waals surface area (Å²) in [4.78, 5) is 11.2. The molecular formula is C12H16ClNO2. The third-order valence-electron chi connectivity index (χ3n) is 2.85. The van der Waals surface area contributed by atoms with E-state index >= 15 is 0 Å². The summed E-state index contributed by atoms with van der Waals surface area (Å²) in [5.74, 6) is 0.329. The van der Waals surface area contributed by atoms with Crippen molar-refractivity contribution in [2.45, 2.75) is 18.9 Å². The molecule has 0 amide bonds. The molecule has 1 aromatic carbocycles. The molecule has 0 bridgehead atoms. The maximum Gasteiger partial charge on any atom is 0.337 e. The first kappa shape index (κ1) is 13.0. The van der Waals surface area contributed by atoms with Crippen molar-refractivity contribution < 1.29 is 9.53 Å². The normalized spacial score (nSPS) is 16.1. The van der Waals surface area contributed by atoms with E-state index in [0.29, 0.717) is 11.5 Å². The molecule has 1 atom stereocenters. The lowest BCUT2D eigenvalue weighted by atomic mass is 10.0. The number of halogens is 1. The number of ether oxygens (including phenoxy) is 1. The van der Waals surface area contributed by atoms with Crippen molar-refractivity contribution >= 4 is 18.4 Å². The Bertz CT molecular complexity index is 360. The van der Waals surface area contributed by atoms with Gasteiger partial charge in [-0.25, -0.2) is 4.79 Å². The molecule has 0 spiro atoms. The Hall–Kier alpha value is -1.06. The van der Waals surface area contributed by atoms with Gasteiger partial charge in [0.1, 0.15) is 0 Å². The smallest absolute Gasteiger partial charge is 0.337 e. The van der Waals surface area contributed by atoms with Gasteiger partial charge in [0.25, 0.3) is 0 Å². The molecule has 1 aliphatic carbocycles. The lowest BCUT2D eigenvalue weighted by molar-refractivity contribution is 0.0600. The van der Waals surface area contributed by atoms with Crippen LogP contribution in [0.25, 0.3) is 0 Å². The van der Waals surface area contributed by atoms with Crippen LogP contribution in [0.15, 0.2) is 24.3 Å². The number of carbonyl (C=O) groups excluding carboxylic acids is 1. The van der Waals surface area contributed by atoms with E-state index in [2.05, 4.69) is 4.74 Å². The van der Waals surface area contributed by atoms with Crippen molar-refractivity contribution in [3.8, 4) is 0 Å². The van der Waals surface area contributed by atoms with Gasteiger partial charge < -0.3 is 10.5 Å². The lowest BCUT2D eigenvalue weighted by Crippen LogP contribution is -2.12. The van der Waals surface area contributed by atoms with Gasteiger partial charge in [0.05, 0.1) is 12.7 Å². The zero-order valence-corrected chi connectivity index (χ0v) is 10.00. The second kappa shape index (κ2) is 5.32. The third kappa shape index (κ3) is 2.74. The van der Waals surface area contributed by atoms with Crippen LogP contribution in [0.2, 0.25) is 0 Å². The largest absolute Gasteiger partial charge is 0.465 e. The summed E-state index contributed by atoms with van der Waals surface area (Å²) in [6.07, 6.45) is 2.44. The van der Waals surface area contributed by atoms with Gasteiger partial charge in [0.15, 0.2) is 0 Å². The SMILES string of the molecule is COC(=O)c1ccc([C@@H](N)C2CC2)cc1.Cl. The van der Waals surface area contributed by atoms with E-state index in [1.807, 2.05) is 12.1 Å². The monoisotopic (exact) mass is 241 g/mol. The predicted molar refractivity (Wildman–Crippen MR) is 64.7 cm³/mol. The summed E-state index contributed by atoms with van der Waals surface area (Å²) in [6.45, 7) is 0. The molecule has 0 radical (unpaired) electrons. The van der Waals surface area contributed by atoms with Crippen LogP contribution in [0.1, 0.15) is 34.8 Å². The summed E-state index contributed by atoms with van der Waals surface area (Å²) in [5.41, 5.74) is 7.72. The van der Waals surface area contributed by atoms with Gasteiger partial charge in [-0.3, -0.25) is 0 Å². The molecule has 3 nitrogen and oxygen atoms in total. The van der Waals surface area contributed by atoms with Crippen molar-refractivity contribution in [2.75, 3.05) is 7.11 Å². The van der Waals surface area contributed by atoms with Gasteiger partial charge in [-0.1, -0.05) is 12.1 Å². The van der Waals surface area contributed by atoms with Crippen molar-refractivity contribution in [1.82, 2.24) is 0 Å². The van der Waals surface area contributed by atoms with Crippen molar-refractivity contribution in [2.24, 2.45) is 11.7 Å². The molecule has 1 aromatic rings. The molecule has 1 fully saturated rings. The van der Waals surface area contributed by atoms with E-state index in [4.69, 9.17) is 5.73 Å². The first-order chi connectivity index (χ1) is 7.22. The predicted octanol–water partition coefficient (Wildman–Crippen LogP) is 2.30. The zero-order valence-electron chi connectivity index (χ0n) is 9.18. The third-order valence-corrected chi connectivity index (χ3v) is 2.85.